The Hall–Kier alpha value is -1.88. The molecule has 0 saturated carbocycles. The minimum absolute atomic E-state index is 0.743. The van der Waals surface area contributed by atoms with Crippen LogP contribution in [0.5, 0.6) is 0 Å². The summed E-state index contributed by atoms with van der Waals surface area (Å²) in [5, 5.41) is 10.3. The van der Waals surface area contributed by atoms with E-state index in [2.05, 4.69) is 10.2 Å². The first-order valence-electron chi connectivity index (χ1n) is 4.90. The van der Waals surface area contributed by atoms with Gasteiger partial charge in [-0.1, -0.05) is 6.07 Å². The maximum absolute atomic E-state index is 5.80. The summed E-state index contributed by atoms with van der Waals surface area (Å²) < 4.78 is 1.98. The van der Waals surface area contributed by atoms with Crippen LogP contribution in [0.25, 0.3) is 16.3 Å². The third-order valence-corrected chi connectivity index (χ3v) is 3.30. The average Bonchev–Trinajstić information content (AvgIpc) is 2.83. The molecule has 0 fully saturated rings. The van der Waals surface area contributed by atoms with Gasteiger partial charge in [-0.3, -0.25) is 4.40 Å². The number of nitrogens with zero attached hydrogens (tertiary/aromatic N) is 3. The predicted molar refractivity (Wildman–Crippen MR) is 65.4 cm³/mol. The van der Waals surface area contributed by atoms with Crippen LogP contribution in [0.1, 0.15) is 5.56 Å². The van der Waals surface area contributed by atoms with Gasteiger partial charge in [0.15, 0.2) is 5.82 Å². The van der Waals surface area contributed by atoms with E-state index in [1.54, 1.807) is 11.3 Å². The Morgan fingerprint density at radius 1 is 1.31 bits per heavy atom. The van der Waals surface area contributed by atoms with Gasteiger partial charge >= 0.3 is 0 Å². The number of aromatic nitrogens is 3. The molecule has 5 heteroatoms. The number of hydrogen-bond acceptors (Lipinski definition) is 4. The standard InChI is InChI=1S/C11H10N4S/c1-7-2-3-8(12)6-9(7)10-13-14-11-15(10)4-5-16-11/h2-6H,12H2,1H3. The zero-order chi connectivity index (χ0) is 11.1. The van der Waals surface area contributed by atoms with Crippen LogP contribution in [0.3, 0.4) is 0 Å². The van der Waals surface area contributed by atoms with Gasteiger partial charge in [-0.15, -0.1) is 21.5 Å². The van der Waals surface area contributed by atoms with Gasteiger partial charge in [0, 0.05) is 22.8 Å². The van der Waals surface area contributed by atoms with Crippen LogP contribution in [0.4, 0.5) is 5.69 Å². The van der Waals surface area contributed by atoms with Gasteiger partial charge in [0.2, 0.25) is 4.96 Å². The first-order valence-corrected chi connectivity index (χ1v) is 5.78. The Morgan fingerprint density at radius 2 is 2.19 bits per heavy atom. The van der Waals surface area contributed by atoms with Crippen LogP contribution in [0.2, 0.25) is 0 Å². The van der Waals surface area contributed by atoms with Gasteiger partial charge in [0.05, 0.1) is 0 Å². The Balaban J connectivity index is 2.30. The molecule has 3 aromatic rings. The molecule has 0 unspecified atom stereocenters. The van der Waals surface area contributed by atoms with Crippen LogP contribution < -0.4 is 5.73 Å². The molecular weight excluding hydrogens is 220 g/mol. The summed E-state index contributed by atoms with van der Waals surface area (Å²) in [6.07, 6.45) is 1.97. The molecule has 2 heterocycles. The molecule has 0 spiro atoms. The zero-order valence-electron chi connectivity index (χ0n) is 8.71. The summed E-state index contributed by atoms with van der Waals surface area (Å²) >= 11 is 1.57. The van der Waals surface area contributed by atoms with Crippen LogP contribution >= 0.6 is 11.3 Å². The molecule has 16 heavy (non-hydrogen) atoms. The number of benzene rings is 1. The maximum Gasteiger partial charge on any atom is 0.216 e. The van der Waals surface area contributed by atoms with E-state index in [0.29, 0.717) is 0 Å². The van der Waals surface area contributed by atoms with Crippen molar-refractivity contribution in [3.63, 3.8) is 0 Å². The maximum atomic E-state index is 5.80. The SMILES string of the molecule is Cc1ccc(N)cc1-c1nnc2sccn12. The molecule has 0 radical (unpaired) electrons. The Bertz CT molecular complexity index is 653. The number of rotatable bonds is 1. The fourth-order valence-electron chi connectivity index (χ4n) is 1.71. The minimum Gasteiger partial charge on any atom is -0.399 e. The van der Waals surface area contributed by atoms with Gasteiger partial charge in [-0.25, -0.2) is 0 Å². The van der Waals surface area contributed by atoms with E-state index in [1.807, 2.05) is 41.1 Å². The number of thiazole rings is 1. The van der Waals surface area contributed by atoms with E-state index in [4.69, 9.17) is 5.73 Å². The number of hydrogen-bond donors (Lipinski definition) is 1. The van der Waals surface area contributed by atoms with Crippen molar-refractivity contribution >= 4 is 22.0 Å². The molecule has 2 aromatic heterocycles. The largest absolute Gasteiger partial charge is 0.399 e. The van der Waals surface area contributed by atoms with Gasteiger partial charge < -0.3 is 5.73 Å². The van der Waals surface area contributed by atoms with E-state index in [-0.39, 0.29) is 0 Å². The van der Waals surface area contributed by atoms with Crippen molar-refractivity contribution in [2.45, 2.75) is 6.92 Å². The molecule has 0 saturated heterocycles. The molecule has 1 aromatic carbocycles. The van der Waals surface area contributed by atoms with Crippen molar-refractivity contribution in [1.29, 1.82) is 0 Å². The number of fused-ring (bicyclic) bond motifs is 1. The highest BCUT2D eigenvalue weighted by Gasteiger charge is 2.10. The van der Waals surface area contributed by atoms with Crippen LogP contribution in [-0.2, 0) is 0 Å². The Kier molecular flexibility index (Phi) is 1.94. The summed E-state index contributed by atoms with van der Waals surface area (Å²) in [6.45, 7) is 2.04. The average molecular weight is 230 g/mol. The van der Waals surface area contributed by atoms with Crippen LogP contribution in [0.15, 0.2) is 29.8 Å². The molecule has 0 aliphatic carbocycles. The summed E-state index contributed by atoms with van der Waals surface area (Å²) in [5.41, 5.74) is 8.72. The van der Waals surface area contributed by atoms with Crippen molar-refractivity contribution in [2.75, 3.05) is 5.73 Å². The number of anilines is 1. The summed E-state index contributed by atoms with van der Waals surface area (Å²) in [7, 11) is 0. The van der Waals surface area contributed by atoms with E-state index < -0.39 is 0 Å². The predicted octanol–water partition coefficient (Wildman–Crippen LogP) is 2.35. The minimum atomic E-state index is 0.743. The topological polar surface area (TPSA) is 56.2 Å². The van der Waals surface area contributed by atoms with Crippen molar-refractivity contribution in [3.05, 3.63) is 35.3 Å². The molecule has 0 bridgehead atoms. The molecule has 3 rings (SSSR count). The third kappa shape index (κ3) is 1.29. The lowest BCUT2D eigenvalue weighted by Crippen LogP contribution is -1.92. The highest BCUT2D eigenvalue weighted by Crippen LogP contribution is 2.25. The number of nitrogens with two attached hydrogens (primary N) is 1. The summed E-state index contributed by atoms with van der Waals surface area (Å²) in [6, 6.07) is 5.83. The highest BCUT2D eigenvalue weighted by atomic mass is 32.1. The van der Waals surface area contributed by atoms with Gasteiger partial charge in [0.1, 0.15) is 0 Å². The lowest BCUT2D eigenvalue weighted by atomic mass is 10.1. The molecule has 80 valence electrons. The molecule has 2 N–H and O–H groups in total. The van der Waals surface area contributed by atoms with E-state index in [9.17, 15) is 0 Å². The molecule has 4 nitrogen and oxygen atoms in total. The van der Waals surface area contributed by atoms with E-state index in [0.717, 1.165) is 27.6 Å². The van der Waals surface area contributed by atoms with Crippen molar-refractivity contribution in [1.82, 2.24) is 14.6 Å². The lowest BCUT2D eigenvalue weighted by Gasteiger charge is -2.03. The second-order valence-electron chi connectivity index (χ2n) is 3.65. The third-order valence-electron chi connectivity index (χ3n) is 2.55. The quantitative estimate of drug-likeness (QED) is 0.653. The summed E-state index contributed by atoms with van der Waals surface area (Å²) in [5.74, 6) is 0.848. The molecule has 0 atom stereocenters. The Labute approximate surface area is 96.4 Å². The van der Waals surface area contributed by atoms with Crippen LogP contribution in [-0.4, -0.2) is 14.6 Å². The number of nitrogen functional groups attached to an aromatic ring is 1. The Morgan fingerprint density at radius 3 is 3.06 bits per heavy atom. The molecular formula is C11H10N4S. The van der Waals surface area contributed by atoms with Crippen LogP contribution in [0, 0.1) is 6.92 Å². The monoisotopic (exact) mass is 230 g/mol. The fourth-order valence-corrected chi connectivity index (χ4v) is 2.36. The van der Waals surface area contributed by atoms with E-state index >= 15 is 0 Å². The van der Waals surface area contributed by atoms with Gasteiger partial charge in [-0.05, 0) is 24.6 Å². The zero-order valence-corrected chi connectivity index (χ0v) is 9.53. The fraction of sp³-hybridized carbons (Fsp3) is 0.0909. The second kappa shape index (κ2) is 3.31. The second-order valence-corrected chi connectivity index (χ2v) is 4.53. The van der Waals surface area contributed by atoms with Gasteiger partial charge in [0.25, 0.3) is 0 Å². The lowest BCUT2D eigenvalue weighted by molar-refractivity contribution is 1.11. The molecule has 0 aliphatic heterocycles. The molecule has 0 aliphatic rings. The van der Waals surface area contributed by atoms with Crippen molar-refractivity contribution < 1.29 is 0 Å². The molecule has 0 amide bonds. The first-order chi connectivity index (χ1) is 7.75. The number of aryl methyl sites for hydroxylation is 1. The van der Waals surface area contributed by atoms with Crippen molar-refractivity contribution in [3.8, 4) is 11.4 Å². The first kappa shape index (κ1) is 9.35. The van der Waals surface area contributed by atoms with Crippen molar-refractivity contribution in [2.24, 2.45) is 0 Å². The normalized spacial score (nSPS) is 11.1. The summed E-state index contributed by atoms with van der Waals surface area (Å²) in [4.78, 5) is 0.900. The smallest absolute Gasteiger partial charge is 0.216 e. The van der Waals surface area contributed by atoms with E-state index in [1.165, 1.54) is 0 Å². The highest BCUT2D eigenvalue weighted by molar-refractivity contribution is 7.15. The van der Waals surface area contributed by atoms with Gasteiger partial charge in [-0.2, -0.15) is 0 Å².